The third-order valence-electron chi connectivity index (χ3n) is 4.94. The maximum Gasteiger partial charge on any atom is 0.343 e. The highest BCUT2D eigenvalue weighted by molar-refractivity contribution is 5.92. The molecule has 0 saturated carbocycles. The van der Waals surface area contributed by atoms with Crippen LogP contribution in [0.4, 0.5) is 0 Å². The Morgan fingerprint density at radius 3 is 1.61 bits per heavy atom. The molecule has 6 heteroatoms. The van der Waals surface area contributed by atoms with E-state index in [4.69, 9.17) is 19.3 Å². The van der Waals surface area contributed by atoms with Gasteiger partial charge < -0.3 is 19.3 Å². The van der Waals surface area contributed by atoms with Crippen molar-refractivity contribution < 1.29 is 28.9 Å². The second kappa shape index (κ2) is 12.4. The Morgan fingerprint density at radius 1 is 0.636 bits per heavy atom. The standard InChI is InChI=1S/C27H28O6/c1-20-6-8-21(9-7-20)26(29)32-24-14-16-25(17-15-24)33-27(30)22-10-12-23(13-11-22)31-19-5-3-2-4-18-28/h6-17,28H,2-5,18-19H2,1H3. The highest BCUT2D eigenvalue weighted by Gasteiger charge is 2.11. The smallest absolute Gasteiger partial charge is 0.343 e. The first kappa shape index (κ1) is 24.0. The van der Waals surface area contributed by atoms with E-state index in [1.165, 1.54) is 0 Å². The summed E-state index contributed by atoms with van der Waals surface area (Å²) in [6, 6.07) is 20.2. The molecular weight excluding hydrogens is 420 g/mol. The molecule has 3 rings (SSSR count). The van der Waals surface area contributed by atoms with Crippen molar-refractivity contribution in [2.45, 2.75) is 32.6 Å². The number of ether oxygens (including phenoxy) is 3. The van der Waals surface area contributed by atoms with Gasteiger partial charge in [-0.05, 0) is 86.8 Å². The minimum atomic E-state index is -0.491. The SMILES string of the molecule is Cc1ccc(C(=O)Oc2ccc(OC(=O)c3ccc(OCCCCCCO)cc3)cc2)cc1. The van der Waals surface area contributed by atoms with Crippen molar-refractivity contribution in [3.63, 3.8) is 0 Å². The van der Waals surface area contributed by atoms with Gasteiger partial charge in [0, 0.05) is 6.61 Å². The van der Waals surface area contributed by atoms with Crippen molar-refractivity contribution >= 4 is 11.9 Å². The van der Waals surface area contributed by atoms with Crippen LogP contribution in [0.25, 0.3) is 0 Å². The summed E-state index contributed by atoms with van der Waals surface area (Å²) in [5.41, 5.74) is 1.93. The fraction of sp³-hybridized carbons (Fsp3) is 0.259. The number of unbranched alkanes of at least 4 members (excludes halogenated alkanes) is 3. The van der Waals surface area contributed by atoms with Gasteiger partial charge in [0.25, 0.3) is 0 Å². The zero-order chi connectivity index (χ0) is 23.5. The van der Waals surface area contributed by atoms with E-state index < -0.39 is 11.9 Å². The Labute approximate surface area is 193 Å². The molecule has 0 unspecified atom stereocenters. The summed E-state index contributed by atoms with van der Waals surface area (Å²) in [7, 11) is 0. The quantitative estimate of drug-likeness (QED) is 0.241. The predicted molar refractivity (Wildman–Crippen MR) is 125 cm³/mol. The average Bonchev–Trinajstić information content (AvgIpc) is 2.83. The number of carbonyl (C=O) groups is 2. The van der Waals surface area contributed by atoms with E-state index in [1.54, 1.807) is 60.7 Å². The van der Waals surface area contributed by atoms with E-state index >= 15 is 0 Å². The summed E-state index contributed by atoms with van der Waals surface area (Å²) in [5.74, 6) is 0.451. The lowest BCUT2D eigenvalue weighted by Gasteiger charge is -2.08. The molecule has 0 amide bonds. The molecule has 0 aliphatic rings. The van der Waals surface area contributed by atoms with Crippen molar-refractivity contribution in [2.75, 3.05) is 13.2 Å². The predicted octanol–water partition coefficient (Wildman–Crippen LogP) is 5.36. The Hall–Kier alpha value is -3.64. The molecule has 0 atom stereocenters. The van der Waals surface area contributed by atoms with Crippen LogP contribution in [0.15, 0.2) is 72.8 Å². The first-order valence-corrected chi connectivity index (χ1v) is 11.0. The first-order valence-electron chi connectivity index (χ1n) is 11.0. The van der Waals surface area contributed by atoms with Crippen molar-refractivity contribution in [2.24, 2.45) is 0 Å². The Kier molecular flexibility index (Phi) is 9.03. The van der Waals surface area contributed by atoms with Gasteiger partial charge in [-0.2, -0.15) is 0 Å². The minimum absolute atomic E-state index is 0.226. The van der Waals surface area contributed by atoms with Crippen LogP contribution in [0.2, 0.25) is 0 Å². The van der Waals surface area contributed by atoms with E-state index in [1.807, 2.05) is 19.1 Å². The van der Waals surface area contributed by atoms with Crippen LogP contribution < -0.4 is 14.2 Å². The second-order valence-electron chi connectivity index (χ2n) is 7.63. The van der Waals surface area contributed by atoms with Crippen LogP contribution in [0.1, 0.15) is 52.0 Å². The summed E-state index contributed by atoms with van der Waals surface area (Å²) >= 11 is 0. The summed E-state index contributed by atoms with van der Waals surface area (Å²) in [6.07, 6.45) is 3.73. The number of carbonyl (C=O) groups excluding carboxylic acids is 2. The lowest BCUT2D eigenvalue weighted by Crippen LogP contribution is -2.09. The number of esters is 2. The monoisotopic (exact) mass is 448 g/mol. The molecule has 0 radical (unpaired) electrons. The van der Waals surface area contributed by atoms with Crippen molar-refractivity contribution in [1.82, 2.24) is 0 Å². The van der Waals surface area contributed by atoms with Gasteiger partial charge in [-0.15, -0.1) is 0 Å². The summed E-state index contributed by atoms with van der Waals surface area (Å²) in [5, 5.41) is 8.77. The molecule has 0 fully saturated rings. The number of aryl methyl sites for hydroxylation is 1. The van der Waals surface area contributed by atoms with Gasteiger partial charge >= 0.3 is 11.9 Å². The normalized spacial score (nSPS) is 10.5. The molecule has 0 bridgehead atoms. The summed E-state index contributed by atoms with van der Waals surface area (Å²) in [4.78, 5) is 24.6. The van der Waals surface area contributed by atoms with Gasteiger partial charge in [-0.1, -0.05) is 24.1 Å². The Morgan fingerprint density at radius 2 is 1.09 bits per heavy atom. The van der Waals surface area contributed by atoms with Gasteiger partial charge in [0.15, 0.2) is 0 Å². The number of aliphatic hydroxyl groups excluding tert-OH is 1. The number of rotatable bonds is 11. The Balaban J connectivity index is 1.47. The van der Waals surface area contributed by atoms with Crippen LogP contribution in [0.5, 0.6) is 17.2 Å². The molecule has 33 heavy (non-hydrogen) atoms. The van der Waals surface area contributed by atoms with Gasteiger partial charge in [0.2, 0.25) is 0 Å². The maximum absolute atomic E-state index is 12.4. The number of benzene rings is 3. The van der Waals surface area contributed by atoms with Crippen molar-refractivity contribution in [1.29, 1.82) is 0 Å². The van der Waals surface area contributed by atoms with Gasteiger partial charge in [-0.25, -0.2) is 9.59 Å². The van der Waals surface area contributed by atoms with Gasteiger partial charge in [-0.3, -0.25) is 0 Å². The molecule has 0 spiro atoms. The lowest BCUT2D eigenvalue weighted by molar-refractivity contribution is 0.0719. The molecule has 0 saturated heterocycles. The van der Waals surface area contributed by atoms with Crippen molar-refractivity contribution in [3.8, 4) is 17.2 Å². The van der Waals surface area contributed by atoms with Gasteiger partial charge in [0.1, 0.15) is 17.2 Å². The molecule has 3 aromatic carbocycles. The summed E-state index contributed by atoms with van der Waals surface area (Å²) in [6.45, 7) is 2.77. The largest absolute Gasteiger partial charge is 0.494 e. The molecule has 6 nitrogen and oxygen atoms in total. The molecule has 3 aromatic rings. The average molecular weight is 449 g/mol. The van der Waals surface area contributed by atoms with E-state index in [0.717, 1.165) is 31.2 Å². The molecule has 1 N–H and O–H groups in total. The maximum atomic E-state index is 12.4. The minimum Gasteiger partial charge on any atom is -0.494 e. The zero-order valence-electron chi connectivity index (χ0n) is 18.7. The molecule has 0 aliphatic carbocycles. The topological polar surface area (TPSA) is 82.1 Å². The number of aliphatic hydroxyl groups is 1. The van der Waals surface area contributed by atoms with Crippen LogP contribution in [0, 0.1) is 6.92 Å². The molecule has 0 aromatic heterocycles. The van der Waals surface area contributed by atoms with E-state index in [0.29, 0.717) is 35.0 Å². The van der Waals surface area contributed by atoms with Crippen LogP contribution in [-0.2, 0) is 0 Å². The van der Waals surface area contributed by atoms with Gasteiger partial charge in [0.05, 0.1) is 17.7 Å². The van der Waals surface area contributed by atoms with Crippen LogP contribution in [0.3, 0.4) is 0 Å². The molecule has 172 valence electrons. The molecule has 0 heterocycles. The first-order chi connectivity index (χ1) is 16.0. The molecule has 0 aliphatic heterocycles. The Bertz CT molecular complexity index is 1020. The van der Waals surface area contributed by atoms with Crippen molar-refractivity contribution in [3.05, 3.63) is 89.5 Å². The number of hydrogen-bond acceptors (Lipinski definition) is 6. The molecular formula is C27H28O6. The van der Waals surface area contributed by atoms with Crippen LogP contribution >= 0.6 is 0 Å². The highest BCUT2D eigenvalue weighted by Crippen LogP contribution is 2.21. The fourth-order valence-electron chi connectivity index (χ4n) is 3.04. The highest BCUT2D eigenvalue weighted by atomic mass is 16.5. The lowest BCUT2D eigenvalue weighted by atomic mass is 10.1. The second-order valence-corrected chi connectivity index (χ2v) is 7.63. The fourth-order valence-corrected chi connectivity index (χ4v) is 3.04. The zero-order valence-corrected chi connectivity index (χ0v) is 18.7. The van der Waals surface area contributed by atoms with E-state index in [2.05, 4.69) is 0 Å². The number of hydrogen-bond donors (Lipinski definition) is 1. The van der Waals surface area contributed by atoms with E-state index in [9.17, 15) is 9.59 Å². The van der Waals surface area contributed by atoms with E-state index in [-0.39, 0.29) is 6.61 Å². The third-order valence-corrected chi connectivity index (χ3v) is 4.94. The van der Waals surface area contributed by atoms with Crippen LogP contribution in [-0.4, -0.2) is 30.3 Å². The third kappa shape index (κ3) is 7.77. The summed E-state index contributed by atoms with van der Waals surface area (Å²) < 4.78 is 16.4.